The Morgan fingerprint density at radius 2 is 1.79 bits per heavy atom. The molecule has 0 radical (unpaired) electrons. The molecule has 5 rings (SSSR count). The van der Waals surface area contributed by atoms with Crippen LogP contribution in [0.3, 0.4) is 0 Å². The maximum Gasteiger partial charge on any atom is 0.410 e. The predicted octanol–water partition coefficient (Wildman–Crippen LogP) is 4.31. The number of imidazole rings is 1. The van der Waals surface area contributed by atoms with E-state index in [1.54, 1.807) is 0 Å². The van der Waals surface area contributed by atoms with Gasteiger partial charge in [-0.05, 0) is 69.1 Å². The number of aromatic nitrogens is 4. The number of carbonyl (C=O) groups is 1. The van der Waals surface area contributed by atoms with Crippen LogP contribution in [-0.4, -0.2) is 60.9 Å². The molecule has 0 aromatic carbocycles. The molecule has 3 fully saturated rings. The lowest BCUT2D eigenvalue weighted by Gasteiger charge is -2.32. The van der Waals surface area contributed by atoms with Crippen molar-refractivity contribution in [3.8, 4) is 0 Å². The zero-order chi connectivity index (χ0) is 26.8. The van der Waals surface area contributed by atoms with Gasteiger partial charge in [-0.2, -0.15) is 0 Å². The first-order valence-corrected chi connectivity index (χ1v) is 14.2. The number of nitrogens with one attached hydrogen (secondary N) is 3. The molecule has 2 aromatic rings. The number of anilines is 1. The van der Waals surface area contributed by atoms with Crippen LogP contribution in [0, 0.1) is 29.1 Å². The minimum absolute atomic E-state index is 0.0357. The van der Waals surface area contributed by atoms with Crippen LogP contribution in [0.1, 0.15) is 89.4 Å². The molecule has 2 saturated carbocycles. The van der Waals surface area contributed by atoms with Crippen molar-refractivity contribution in [3.63, 3.8) is 0 Å². The van der Waals surface area contributed by atoms with Crippen molar-refractivity contribution in [2.45, 2.75) is 90.3 Å². The number of carboxylic acid groups (broad SMARTS) is 1. The van der Waals surface area contributed by atoms with Gasteiger partial charge in [0.1, 0.15) is 17.4 Å². The maximum absolute atomic E-state index is 11.6. The average Bonchev–Trinajstić information content (AvgIpc) is 3.22. The third kappa shape index (κ3) is 5.78. The van der Waals surface area contributed by atoms with E-state index in [1.807, 2.05) is 0 Å². The molecule has 1 saturated heterocycles. The van der Waals surface area contributed by atoms with Crippen molar-refractivity contribution < 1.29 is 19.7 Å². The first-order valence-electron chi connectivity index (χ1n) is 14.2. The van der Waals surface area contributed by atoms with Crippen LogP contribution in [0.25, 0.3) is 11.2 Å². The highest BCUT2D eigenvalue weighted by atomic mass is 16.5. The number of aliphatic hydroxyl groups excluding tert-OH is 1. The fourth-order valence-corrected chi connectivity index (χ4v) is 6.12. The fourth-order valence-electron chi connectivity index (χ4n) is 6.12. The molecule has 2 aromatic heterocycles. The van der Waals surface area contributed by atoms with Crippen LogP contribution in [-0.2, 0) is 11.3 Å². The van der Waals surface area contributed by atoms with Crippen LogP contribution < -0.4 is 10.6 Å². The Morgan fingerprint density at radius 3 is 2.42 bits per heavy atom. The Morgan fingerprint density at radius 1 is 1.08 bits per heavy atom. The van der Waals surface area contributed by atoms with Gasteiger partial charge in [-0.25, -0.2) is 19.7 Å². The molecule has 3 aliphatic rings. The normalized spacial score (nSPS) is 24.5. The van der Waals surface area contributed by atoms with Crippen molar-refractivity contribution in [2.75, 3.05) is 18.5 Å². The summed E-state index contributed by atoms with van der Waals surface area (Å²) in [7, 11) is 0. The summed E-state index contributed by atoms with van der Waals surface area (Å²) in [6.45, 7) is 6.41. The standard InChI is InChI=1S/C27H41N7O4/c1-15-6-8-17(9-7-15)14-34-20-23(29-16(2)18-4-3-5-18)31-25(22(28)30-27(36)37)32-24(20)33-26(34)21(35)19-10-12-38-13-11-19/h15-19,21,35H,3-14H2,1-2H3,(H2,28,30)(H,36,37)(H,29,31,32)/t15-,16-,17-,21?/m1/s1. The van der Waals surface area contributed by atoms with Gasteiger partial charge in [-0.3, -0.25) is 10.7 Å². The third-order valence-corrected chi connectivity index (χ3v) is 8.86. The molecule has 3 heterocycles. The van der Waals surface area contributed by atoms with E-state index < -0.39 is 18.0 Å². The molecule has 0 bridgehead atoms. The minimum atomic E-state index is -1.34. The van der Waals surface area contributed by atoms with Crippen LogP contribution in [0.4, 0.5) is 10.6 Å². The van der Waals surface area contributed by atoms with Gasteiger partial charge in [0.05, 0.1) is 0 Å². The molecule has 5 N–H and O–H groups in total. The lowest BCUT2D eigenvalue weighted by molar-refractivity contribution is 0.00228. The molecule has 1 aliphatic heterocycles. The highest BCUT2D eigenvalue weighted by Gasteiger charge is 2.32. The Bertz CT molecular complexity index is 1150. The number of aliphatic hydroxyl groups is 1. The second-order valence-corrected chi connectivity index (χ2v) is 11.6. The Kier molecular flexibility index (Phi) is 8.13. The monoisotopic (exact) mass is 527 g/mol. The summed E-state index contributed by atoms with van der Waals surface area (Å²) in [6.07, 6.45) is 7.57. The number of ether oxygens (including phenoxy) is 1. The van der Waals surface area contributed by atoms with Gasteiger partial charge in [0, 0.05) is 25.8 Å². The van der Waals surface area contributed by atoms with E-state index >= 15 is 0 Å². The van der Waals surface area contributed by atoms with Crippen molar-refractivity contribution in [3.05, 3.63) is 11.6 Å². The lowest BCUT2D eigenvalue weighted by atomic mass is 9.80. The topological polar surface area (TPSA) is 158 Å². The van der Waals surface area contributed by atoms with E-state index in [4.69, 9.17) is 20.2 Å². The number of hydrogen-bond donors (Lipinski definition) is 5. The van der Waals surface area contributed by atoms with Gasteiger partial charge in [0.25, 0.3) is 0 Å². The van der Waals surface area contributed by atoms with Gasteiger partial charge in [0.15, 0.2) is 23.1 Å². The van der Waals surface area contributed by atoms with Gasteiger partial charge in [0.2, 0.25) is 0 Å². The zero-order valence-electron chi connectivity index (χ0n) is 22.4. The molecule has 0 spiro atoms. The lowest BCUT2D eigenvalue weighted by Crippen LogP contribution is -2.33. The van der Waals surface area contributed by atoms with Crippen LogP contribution in [0.5, 0.6) is 0 Å². The largest absolute Gasteiger partial charge is 0.465 e. The first kappa shape index (κ1) is 26.8. The molecule has 1 amide bonds. The van der Waals surface area contributed by atoms with Crippen LogP contribution in [0.2, 0.25) is 0 Å². The van der Waals surface area contributed by atoms with E-state index in [-0.39, 0.29) is 17.8 Å². The summed E-state index contributed by atoms with van der Waals surface area (Å²) in [4.78, 5) is 25.2. The number of hydrogen-bond acceptors (Lipinski definition) is 8. The zero-order valence-corrected chi connectivity index (χ0v) is 22.4. The van der Waals surface area contributed by atoms with Gasteiger partial charge < -0.3 is 24.8 Å². The van der Waals surface area contributed by atoms with Crippen molar-refractivity contribution in [1.82, 2.24) is 24.8 Å². The van der Waals surface area contributed by atoms with Crippen molar-refractivity contribution >= 4 is 28.9 Å². The average molecular weight is 528 g/mol. The molecular formula is C27H41N7O4. The van der Waals surface area contributed by atoms with Crippen LogP contribution >= 0.6 is 0 Å². The number of amides is 1. The number of nitrogens with zero attached hydrogens (tertiary/aromatic N) is 4. The molecule has 2 atom stereocenters. The fraction of sp³-hybridized carbons (Fsp3) is 0.741. The Balaban J connectivity index is 1.59. The van der Waals surface area contributed by atoms with Gasteiger partial charge in [-0.1, -0.05) is 26.2 Å². The summed E-state index contributed by atoms with van der Waals surface area (Å²) in [5.74, 6) is 2.45. The first-order chi connectivity index (χ1) is 18.3. The van der Waals surface area contributed by atoms with E-state index in [0.717, 1.165) is 56.5 Å². The van der Waals surface area contributed by atoms with E-state index in [1.165, 1.54) is 19.3 Å². The summed E-state index contributed by atoms with van der Waals surface area (Å²) >= 11 is 0. The highest BCUT2D eigenvalue weighted by Crippen LogP contribution is 2.37. The summed E-state index contributed by atoms with van der Waals surface area (Å²) < 4.78 is 7.65. The second kappa shape index (κ2) is 11.5. The maximum atomic E-state index is 11.6. The van der Waals surface area contributed by atoms with E-state index in [9.17, 15) is 9.90 Å². The van der Waals surface area contributed by atoms with Crippen molar-refractivity contribution in [1.29, 1.82) is 5.41 Å². The van der Waals surface area contributed by atoms with Gasteiger partial charge >= 0.3 is 6.09 Å². The molecule has 11 heteroatoms. The second-order valence-electron chi connectivity index (χ2n) is 11.6. The molecule has 2 aliphatic carbocycles. The minimum Gasteiger partial charge on any atom is -0.465 e. The SMILES string of the molecule is C[C@@H](Nc1nc(C(=N)NC(=O)O)nc2nc(C(O)C3CCOCC3)n(C[C@H]3CC[C@H](C)CC3)c12)C1CCC1. The molecule has 38 heavy (non-hydrogen) atoms. The van der Waals surface area contributed by atoms with Crippen LogP contribution in [0.15, 0.2) is 0 Å². The Labute approximate surface area is 223 Å². The molecule has 208 valence electrons. The van der Waals surface area contributed by atoms with Crippen molar-refractivity contribution in [2.24, 2.45) is 23.7 Å². The molecule has 1 unspecified atom stereocenters. The highest BCUT2D eigenvalue weighted by molar-refractivity contribution is 6.03. The molecule has 11 nitrogen and oxygen atoms in total. The predicted molar refractivity (Wildman–Crippen MR) is 143 cm³/mol. The molecular weight excluding hydrogens is 486 g/mol. The number of fused-ring (bicyclic) bond motifs is 1. The quantitative estimate of drug-likeness (QED) is 0.251. The summed E-state index contributed by atoms with van der Waals surface area (Å²) in [5.41, 5.74) is 1.10. The van der Waals surface area contributed by atoms with Gasteiger partial charge in [-0.15, -0.1) is 0 Å². The van der Waals surface area contributed by atoms with E-state index in [0.29, 0.717) is 42.3 Å². The summed E-state index contributed by atoms with van der Waals surface area (Å²) in [6, 6.07) is 0.152. The Hall–Kier alpha value is -2.79. The summed E-state index contributed by atoms with van der Waals surface area (Å²) in [5, 5.41) is 34.6. The number of amidine groups is 1. The van der Waals surface area contributed by atoms with E-state index in [2.05, 4.69) is 39.0 Å². The number of rotatable bonds is 8. The smallest absolute Gasteiger partial charge is 0.410 e. The third-order valence-electron chi connectivity index (χ3n) is 8.86.